The molecule has 0 amide bonds. The van der Waals surface area contributed by atoms with Crippen LogP contribution in [0.4, 0.5) is 0 Å². The molecule has 0 nitrogen and oxygen atoms in total. The summed E-state index contributed by atoms with van der Waals surface area (Å²) in [6, 6.07) is 8.87. The number of fused-ring (bicyclic) bond motifs is 5. The van der Waals surface area contributed by atoms with Crippen molar-refractivity contribution in [1.82, 2.24) is 0 Å². The van der Waals surface area contributed by atoms with E-state index in [1.165, 1.54) is 6.42 Å². The second-order valence-electron chi connectivity index (χ2n) is 3.96. The molecule has 0 aromatic heterocycles. The van der Waals surface area contributed by atoms with Crippen molar-refractivity contribution in [3.63, 3.8) is 0 Å². The molecule has 13 heavy (non-hydrogen) atoms. The van der Waals surface area contributed by atoms with E-state index in [1.54, 1.807) is 11.1 Å². The Bertz CT molecular complexity index is 348. The Balaban J connectivity index is 2.18. The molecule has 3 rings (SSSR count). The molecule has 2 aliphatic carbocycles. The first-order valence-electron chi connectivity index (χ1n) is 4.66. The van der Waals surface area contributed by atoms with Crippen molar-refractivity contribution < 1.29 is 0 Å². The van der Waals surface area contributed by atoms with Crippen LogP contribution in [0.15, 0.2) is 24.3 Å². The minimum absolute atomic E-state index is 0.661. The molecule has 0 spiro atoms. The molecule has 1 aromatic rings. The Morgan fingerprint density at radius 3 is 2.54 bits per heavy atom. The van der Waals surface area contributed by atoms with Gasteiger partial charge in [-0.3, -0.25) is 0 Å². The predicted molar refractivity (Wildman–Crippen MR) is 62.0 cm³/mol. The van der Waals surface area contributed by atoms with E-state index in [2.05, 4.69) is 56.1 Å². The summed E-state index contributed by atoms with van der Waals surface area (Å²) < 4.78 is 0. The summed E-state index contributed by atoms with van der Waals surface area (Å²) in [7, 11) is 0. The zero-order valence-corrected chi connectivity index (χ0v) is 10.3. The maximum absolute atomic E-state index is 3.82. The Hall–Kier alpha value is 0.180. The molecule has 1 fully saturated rings. The van der Waals surface area contributed by atoms with Gasteiger partial charge in [-0.2, -0.15) is 0 Å². The molecule has 2 heteroatoms. The van der Waals surface area contributed by atoms with E-state index in [0.29, 0.717) is 15.6 Å². The third-order valence-electron chi connectivity index (χ3n) is 3.35. The van der Waals surface area contributed by atoms with Gasteiger partial charge in [-0.1, -0.05) is 56.1 Å². The zero-order valence-electron chi connectivity index (χ0n) is 7.08. The van der Waals surface area contributed by atoms with Crippen LogP contribution in [0.1, 0.15) is 29.4 Å². The van der Waals surface area contributed by atoms with Crippen LogP contribution in [0.2, 0.25) is 0 Å². The predicted octanol–water partition coefficient (Wildman–Crippen LogP) is 3.80. The summed E-state index contributed by atoms with van der Waals surface area (Å²) in [5, 5.41) is 0. The van der Waals surface area contributed by atoms with Crippen LogP contribution >= 0.6 is 31.9 Å². The third kappa shape index (κ3) is 1.02. The first-order valence-corrected chi connectivity index (χ1v) is 6.49. The summed E-state index contributed by atoms with van der Waals surface area (Å²) in [6.45, 7) is 0. The maximum atomic E-state index is 3.82. The lowest BCUT2D eigenvalue weighted by Gasteiger charge is -2.18. The van der Waals surface area contributed by atoms with E-state index in [1.807, 2.05) is 0 Å². The van der Waals surface area contributed by atoms with Gasteiger partial charge in [0, 0.05) is 15.6 Å². The SMILES string of the molecule is Br[C@H]1[C@@H]2c3ccccc3[C@@H]1C[C@@H]2Br. The summed E-state index contributed by atoms with van der Waals surface area (Å²) in [5.41, 5.74) is 3.13. The quantitative estimate of drug-likeness (QED) is 0.640. The lowest BCUT2D eigenvalue weighted by Crippen LogP contribution is -2.10. The van der Waals surface area contributed by atoms with E-state index in [0.717, 1.165) is 5.92 Å². The van der Waals surface area contributed by atoms with Crippen molar-refractivity contribution in [2.45, 2.75) is 27.9 Å². The highest BCUT2D eigenvalue weighted by Gasteiger charge is 2.49. The lowest BCUT2D eigenvalue weighted by atomic mass is 9.92. The second-order valence-corrected chi connectivity index (χ2v) is 6.19. The van der Waals surface area contributed by atoms with Crippen LogP contribution in [-0.4, -0.2) is 9.65 Å². The van der Waals surface area contributed by atoms with Gasteiger partial charge in [0.05, 0.1) is 0 Å². The van der Waals surface area contributed by atoms with Crippen LogP contribution in [0.25, 0.3) is 0 Å². The first-order chi connectivity index (χ1) is 6.29. The van der Waals surface area contributed by atoms with E-state index in [4.69, 9.17) is 0 Å². The molecule has 2 aliphatic rings. The Kier molecular flexibility index (Phi) is 1.85. The summed E-state index contributed by atoms with van der Waals surface area (Å²) in [4.78, 5) is 1.34. The van der Waals surface area contributed by atoms with Crippen molar-refractivity contribution in [1.29, 1.82) is 0 Å². The Morgan fingerprint density at radius 1 is 1.08 bits per heavy atom. The highest BCUT2D eigenvalue weighted by Crippen LogP contribution is 2.58. The minimum atomic E-state index is 0.661. The van der Waals surface area contributed by atoms with Crippen molar-refractivity contribution in [2.75, 3.05) is 0 Å². The molecule has 0 unspecified atom stereocenters. The number of hydrogen-bond acceptors (Lipinski definition) is 0. The molecule has 2 bridgehead atoms. The third-order valence-corrected chi connectivity index (χ3v) is 5.50. The average molecular weight is 302 g/mol. The van der Waals surface area contributed by atoms with Crippen LogP contribution in [0.5, 0.6) is 0 Å². The van der Waals surface area contributed by atoms with E-state index < -0.39 is 0 Å². The normalized spacial score (nSPS) is 40.8. The molecule has 0 saturated heterocycles. The molecule has 0 aliphatic heterocycles. The minimum Gasteiger partial charge on any atom is -0.0883 e. The van der Waals surface area contributed by atoms with Gasteiger partial charge >= 0.3 is 0 Å². The monoisotopic (exact) mass is 300 g/mol. The fourth-order valence-corrected chi connectivity index (χ4v) is 5.37. The van der Waals surface area contributed by atoms with E-state index in [-0.39, 0.29) is 0 Å². The van der Waals surface area contributed by atoms with Crippen LogP contribution in [-0.2, 0) is 0 Å². The summed E-state index contributed by atoms with van der Waals surface area (Å²) in [6.07, 6.45) is 1.29. The molecular formula is C11H10Br2. The number of alkyl halides is 2. The fourth-order valence-electron chi connectivity index (χ4n) is 2.79. The molecule has 0 radical (unpaired) electrons. The molecule has 4 atom stereocenters. The van der Waals surface area contributed by atoms with Gasteiger partial charge in [0.25, 0.3) is 0 Å². The molecule has 1 aromatic carbocycles. The van der Waals surface area contributed by atoms with Crippen molar-refractivity contribution in [3.8, 4) is 0 Å². The van der Waals surface area contributed by atoms with Crippen LogP contribution in [0, 0.1) is 0 Å². The van der Waals surface area contributed by atoms with Crippen molar-refractivity contribution >= 4 is 31.9 Å². The number of rotatable bonds is 0. The van der Waals surface area contributed by atoms with Gasteiger partial charge < -0.3 is 0 Å². The molecular weight excluding hydrogens is 292 g/mol. The lowest BCUT2D eigenvalue weighted by molar-refractivity contribution is 0.743. The molecule has 1 saturated carbocycles. The van der Waals surface area contributed by atoms with Gasteiger partial charge in [-0.05, 0) is 23.5 Å². The summed E-state index contributed by atoms with van der Waals surface area (Å²) in [5.74, 6) is 1.44. The zero-order chi connectivity index (χ0) is 9.00. The fraction of sp³-hybridized carbons (Fsp3) is 0.455. The number of benzene rings is 1. The van der Waals surface area contributed by atoms with Crippen molar-refractivity contribution in [2.24, 2.45) is 0 Å². The standard InChI is InChI=1S/C11H10Br2/c12-9-5-8-6-3-1-2-4-7(6)10(9)11(8)13/h1-4,8-11H,5H2/t8-,9-,10+,11+/m0/s1. The first kappa shape index (κ1) is 8.49. The number of halogens is 2. The largest absolute Gasteiger partial charge is 0.0883 e. The highest BCUT2D eigenvalue weighted by molar-refractivity contribution is 9.10. The molecule has 0 N–H and O–H groups in total. The van der Waals surface area contributed by atoms with E-state index in [9.17, 15) is 0 Å². The Labute approximate surface area is 95.0 Å². The van der Waals surface area contributed by atoms with E-state index >= 15 is 0 Å². The van der Waals surface area contributed by atoms with Crippen molar-refractivity contribution in [3.05, 3.63) is 35.4 Å². The second kappa shape index (κ2) is 2.83. The summed E-state index contributed by atoms with van der Waals surface area (Å²) >= 11 is 7.60. The van der Waals surface area contributed by atoms with Crippen LogP contribution in [0.3, 0.4) is 0 Å². The number of hydrogen-bond donors (Lipinski definition) is 0. The van der Waals surface area contributed by atoms with Gasteiger partial charge in [-0.15, -0.1) is 0 Å². The highest BCUT2D eigenvalue weighted by atomic mass is 79.9. The smallest absolute Gasteiger partial charge is 0.0294 e. The molecule has 0 heterocycles. The van der Waals surface area contributed by atoms with Gasteiger partial charge in [0.2, 0.25) is 0 Å². The van der Waals surface area contributed by atoms with Gasteiger partial charge in [-0.25, -0.2) is 0 Å². The van der Waals surface area contributed by atoms with Crippen LogP contribution < -0.4 is 0 Å². The topological polar surface area (TPSA) is 0 Å². The Morgan fingerprint density at radius 2 is 1.77 bits per heavy atom. The molecule has 68 valence electrons. The average Bonchev–Trinajstić information content (AvgIpc) is 2.56. The maximum Gasteiger partial charge on any atom is 0.0294 e. The van der Waals surface area contributed by atoms with Gasteiger partial charge in [0.15, 0.2) is 0 Å². The van der Waals surface area contributed by atoms with Gasteiger partial charge in [0.1, 0.15) is 0 Å².